The van der Waals surface area contributed by atoms with E-state index in [1.54, 1.807) is 11.5 Å². The molecule has 1 aliphatic heterocycles. The van der Waals surface area contributed by atoms with E-state index >= 15 is 0 Å². The predicted molar refractivity (Wildman–Crippen MR) is 91.9 cm³/mol. The molecule has 6 heteroatoms. The maximum atomic E-state index is 12.3. The third-order valence-electron chi connectivity index (χ3n) is 4.39. The molecule has 1 fully saturated rings. The first-order valence-corrected chi connectivity index (χ1v) is 9.08. The summed E-state index contributed by atoms with van der Waals surface area (Å²) in [5.74, 6) is 0.0697. The van der Waals surface area contributed by atoms with E-state index in [1.165, 1.54) is 23.5 Å². The molecule has 2 aliphatic rings. The van der Waals surface area contributed by atoms with Gasteiger partial charge in [0.1, 0.15) is 9.91 Å². The van der Waals surface area contributed by atoms with Crippen molar-refractivity contribution in [2.45, 2.75) is 24.8 Å². The van der Waals surface area contributed by atoms with Crippen LogP contribution in [0, 0.1) is 0 Å². The molecule has 1 spiro atoms. The molecule has 22 heavy (non-hydrogen) atoms. The molecule has 4 nitrogen and oxygen atoms in total. The summed E-state index contributed by atoms with van der Waals surface area (Å²) >= 11 is 2.77. The van der Waals surface area contributed by atoms with Crippen molar-refractivity contribution in [2.24, 2.45) is 4.99 Å². The van der Waals surface area contributed by atoms with Crippen LogP contribution in [0.25, 0.3) is 10.9 Å². The van der Waals surface area contributed by atoms with Crippen molar-refractivity contribution in [1.29, 1.82) is 0 Å². The lowest BCUT2D eigenvalue weighted by Gasteiger charge is -2.02. The van der Waals surface area contributed by atoms with Crippen LogP contribution in [0.3, 0.4) is 0 Å². The number of carbonyl (C=O) groups excluding carboxylic acids is 2. The number of rotatable bonds is 1. The Hall–Kier alpha value is -1.53. The van der Waals surface area contributed by atoms with Crippen molar-refractivity contribution >= 4 is 49.8 Å². The number of carbonyl (C=O) groups is 2. The maximum Gasteiger partial charge on any atom is 0.227 e. The van der Waals surface area contributed by atoms with Crippen LogP contribution in [0.15, 0.2) is 35.5 Å². The Balaban J connectivity index is 1.83. The number of fused-ring (bicyclic) bond motifs is 1. The third kappa shape index (κ3) is 1.83. The number of benzene rings is 1. The minimum Gasteiger partial charge on any atom is -0.287 e. The Labute approximate surface area is 136 Å². The molecule has 2 aromatic rings. The Kier molecular flexibility index (Phi) is 3.03. The summed E-state index contributed by atoms with van der Waals surface area (Å²) < 4.78 is 2.52. The monoisotopic (exact) mass is 330 g/mol. The average molecular weight is 330 g/mol. The van der Waals surface area contributed by atoms with E-state index in [4.69, 9.17) is 0 Å². The Morgan fingerprint density at radius 2 is 2.23 bits per heavy atom. The highest BCUT2D eigenvalue weighted by Crippen LogP contribution is 2.61. The van der Waals surface area contributed by atoms with Crippen molar-refractivity contribution in [3.8, 4) is 0 Å². The van der Waals surface area contributed by atoms with Gasteiger partial charge < -0.3 is 0 Å². The van der Waals surface area contributed by atoms with Gasteiger partial charge in [-0.15, -0.1) is 11.8 Å². The fourth-order valence-electron chi connectivity index (χ4n) is 3.20. The number of hydrogen-bond acceptors (Lipinski definition) is 5. The van der Waals surface area contributed by atoms with Crippen LogP contribution < -0.4 is 0 Å². The topological polar surface area (TPSA) is 51.4 Å². The van der Waals surface area contributed by atoms with Gasteiger partial charge in [0.15, 0.2) is 0 Å². The second-order valence-corrected chi connectivity index (χ2v) is 7.66. The number of hydrogen-bond donors (Lipinski definition) is 0. The standard InChI is InChI=1S/C16H14N2O2S2/c1-9(19)18-8-11(10-5-3-4-6-13(10)18)12-7-16(12)14(20)22-15(17-16)21-2/h3-6,8,12H,7H2,1-2H3/t12-,16-/m1/s1. The zero-order chi connectivity index (χ0) is 15.5. The number of aromatic nitrogens is 1. The maximum absolute atomic E-state index is 12.3. The van der Waals surface area contributed by atoms with E-state index in [9.17, 15) is 9.59 Å². The molecule has 4 rings (SSSR count). The highest BCUT2D eigenvalue weighted by Gasteiger charge is 2.64. The van der Waals surface area contributed by atoms with Gasteiger partial charge in [-0.1, -0.05) is 18.2 Å². The molecule has 0 bridgehead atoms. The molecule has 0 amide bonds. The first-order valence-electron chi connectivity index (χ1n) is 7.04. The normalized spacial score (nSPS) is 26.7. The molecule has 2 heterocycles. The molecular weight excluding hydrogens is 316 g/mol. The minimum atomic E-state index is -0.589. The van der Waals surface area contributed by atoms with Crippen LogP contribution in [0.1, 0.15) is 29.6 Å². The van der Waals surface area contributed by atoms with Gasteiger partial charge in [-0.2, -0.15) is 0 Å². The van der Waals surface area contributed by atoms with E-state index < -0.39 is 5.54 Å². The third-order valence-corrected chi connectivity index (χ3v) is 6.38. The van der Waals surface area contributed by atoms with E-state index in [-0.39, 0.29) is 16.9 Å². The van der Waals surface area contributed by atoms with Crippen molar-refractivity contribution in [1.82, 2.24) is 4.57 Å². The zero-order valence-corrected chi connectivity index (χ0v) is 13.8. The summed E-state index contributed by atoms with van der Waals surface area (Å²) in [5.41, 5.74) is 1.37. The quantitative estimate of drug-likeness (QED) is 0.803. The van der Waals surface area contributed by atoms with Gasteiger partial charge in [0.05, 0.1) is 5.52 Å². The number of aliphatic imine (C=N–C) groups is 1. The molecule has 112 valence electrons. The summed E-state index contributed by atoms with van der Waals surface area (Å²) in [6.07, 6.45) is 4.57. The molecule has 0 saturated heterocycles. The number of para-hydroxylation sites is 1. The summed E-state index contributed by atoms with van der Waals surface area (Å²) in [6, 6.07) is 7.85. The van der Waals surface area contributed by atoms with Gasteiger partial charge in [0.25, 0.3) is 0 Å². The Bertz CT molecular complexity index is 855. The molecular formula is C16H14N2O2S2. The zero-order valence-electron chi connectivity index (χ0n) is 12.2. The average Bonchev–Trinajstić information content (AvgIpc) is 2.95. The second kappa shape index (κ2) is 4.73. The fourth-order valence-corrected chi connectivity index (χ4v) is 4.83. The first-order chi connectivity index (χ1) is 10.6. The Morgan fingerprint density at radius 1 is 1.45 bits per heavy atom. The SMILES string of the molecule is CSC1=N[C@@]2(C[C@@H]2c2cn(C(C)=O)c3ccccc23)C(=O)S1. The lowest BCUT2D eigenvalue weighted by molar-refractivity contribution is -0.112. The van der Waals surface area contributed by atoms with Crippen LogP contribution in [-0.4, -0.2) is 31.8 Å². The number of thioether (sulfide) groups is 2. The molecule has 1 aromatic heterocycles. The summed E-state index contributed by atoms with van der Waals surface area (Å²) in [7, 11) is 0. The van der Waals surface area contributed by atoms with E-state index in [0.717, 1.165) is 27.3 Å². The fraction of sp³-hybridized carbons (Fsp3) is 0.312. The lowest BCUT2D eigenvalue weighted by Crippen LogP contribution is -2.14. The predicted octanol–water partition coefficient (Wildman–Crippen LogP) is 3.52. The van der Waals surface area contributed by atoms with Crippen LogP contribution in [-0.2, 0) is 4.79 Å². The van der Waals surface area contributed by atoms with Gasteiger partial charge in [0, 0.05) is 24.4 Å². The minimum absolute atomic E-state index is 0.0161. The van der Waals surface area contributed by atoms with Crippen molar-refractivity contribution in [2.75, 3.05) is 6.26 Å². The molecule has 0 unspecified atom stereocenters. The molecule has 1 saturated carbocycles. The van der Waals surface area contributed by atoms with Crippen molar-refractivity contribution < 1.29 is 9.59 Å². The molecule has 1 aliphatic carbocycles. The highest BCUT2D eigenvalue weighted by molar-refractivity contribution is 8.45. The summed E-state index contributed by atoms with van der Waals surface area (Å²) in [6.45, 7) is 1.56. The van der Waals surface area contributed by atoms with Gasteiger partial charge in [-0.25, -0.2) is 0 Å². The molecule has 0 N–H and O–H groups in total. The van der Waals surface area contributed by atoms with Gasteiger partial charge >= 0.3 is 0 Å². The van der Waals surface area contributed by atoms with E-state index in [0.29, 0.717) is 0 Å². The van der Waals surface area contributed by atoms with E-state index in [2.05, 4.69) is 4.99 Å². The van der Waals surface area contributed by atoms with Crippen LogP contribution >= 0.6 is 23.5 Å². The smallest absolute Gasteiger partial charge is 0.227 e. The summed E-state index contributed by atoms with van der Waals surface area (Å²) in [5, 5.41) is 1.19. The van der Waals surface area contributed by atoms with Gasteiger partial charge in [-0.05, 0) is 36.1 Å². The lowest BCUT2D eigenvalue weighted by atomic mass is 10.1. The molecule has 0 radical (unpaired) electrons. The van der Waals surface area contributed by atoms with Crippen molar-refractivity contribution in [3.05, 3.63) is 36.0 Å². The molecule has 1 aromatic carbocycles. The Morgan fingerprint density at radius 3 is 2.91 bits per heavy atom. The number of nitrogens with zero attached hydrogens (tertiary/aromatic N) is 2. The van der Waals surface area contributed by atoms with Crippen LogP contribution in [0.2, 0.25) is 0 Å². The first kappa shape index (κ1) is 14.1. The second-order valence-electron chi connectivity index (χ2n) is 5.64. The largest absolute Gasteiger partial charge is 0.287 e. The van der Waals surface area contributed by atoms with Crippen LogP contribution in [0.5, 0.6) is 0 Å². The van der Waals surface area contributed by atoms with Crippen LogP contribution in [0.4, 0.5) is 0 Å². The summed E-state index contributed by atoms with van der Waals surface area (Å²) in [4.78, 5) is 28.9. The van der Waals surface area contributed by atoms with Crippen molar-refractivity contribution in [3.63, 3.8) is 0 Å². The molecule has 2 atom stereocenters. The van der Waals surface area contributed by atoms with Gasteiger partial charge in [-0.3, -0.25) is 19.1 Å². The van der Waals surface area contributed by atoms with E-state index in [1.807, 2.05) is 36.7 Å². The van der Waals surface area contributed by atoms with Gasteiger partial charge in [0.2, 0.25) is 11.0 Å². The highest BCUT2D eigenvalue weighted by atomic mass is 32.2.